The second-order valence-electron chi connectivity index (χ2n) is 2.59. The van der Waals surface area contributed by atoms with Crippen LogP contribution in [0.25, 0.3) is 0 Å². The zero-order valence-electron chi connectivity index (χ0n) is 7.15. The molecule has 82 valence electrons. The Hall–Kier alpha value is -1.66. The number of aliphatic imine (C=N–C) groups is 1. The van der Waals surface area contributed by atoms with Crippen LogP contribution in [0.3, 0.4) is 0 Å². The number of alkyl halides is 3. The fourth-order valence-corrected chi connectivity index (χ4v) is 0.757. The average Bonchev–Trinajstić information content (AvgIpc) is 2.10. The van der Waals surface area contributed by atoms with E-state index in [2.05, 4.69) is 10.7 Å². The molecule has 0 aromatic heterocycles. The summed E-state index contributed by atoms with van der Waals surface area (Å²) in [4.78, 5) is 2.90. The van der Waals surface area contributed by atoms with Crippen LogP contribution < -0.4 is 5.73 Å². The minimum absolute atomic E-state index is 0.399. The van der Waals surface area contributed by atoms with E-state index < -0.39 is 29.3 Å². The monoisotopic (exact) mass is 224 g/mol. The van der Waals surface area contributed by atoms with Gasteiger partial charge in [0.1, 0.15) is 0 Å². The SMILES string of the molecule is NC(=Nc1ccc(F)c(F)c1)C(F)(F)F. The molecule has 1 aromatic carbocycles. The molecular weight excluding hydrogens is 219 g/mol. The molecule has 15 heavy (non-hydrogen) atoms. The predicted octanol–water partition coefficient (Wildman–Crippen LogP) is 2.52. The van der Waals surface area contributed by atoms with Crippen LogP contribution in [0.1, 0.15) is 0 Å². The van der Waals surface area contributed by atoms with E-state index in [-0.39, 0.29) is 0 Å². The molecule has 1 aromatic rings. The summed E-state index contributed by atoms with van der Waals surface area (Å²) in [7, 11) is 0. The van der Waals surface area contributed by atoms with Crippen molar-refractivity contribution < 1.29 is 22.0 Å². The number of rotatable bonds is 1. The van der Waals surface area contributed by atoms with Gasteiger partial charge in [-0.3, -0.25) is 0 Å². The quantitative estimate of drug-likeness (QED) is 0.444. The lowest BCUT2D eigenvalue weighted by Crippen LogP contribution is -2.30. The van der Waals surface area contributed by atoms with Gasteiger partial charge in [0.05, 0.1) is 5.69 Å². The molecule has 0 radical (unpaired) electrons. The van der Waals surface area contributed by atoms with E-state index >= 15 is 0 Å². The van der Waals surface area contributed by atoms with Crippen LogP contribution in [0, 0.1) is 11.6 Å². The number of hydrogen-bond acceptors (Lipinski definition) is 1. The molecule has 0 aliphatic rings. The van der Waals surface area contributed by atoms with E-state index in [1.54, 1.807) is 0 Å². The Morgan fingerprint density at radius 2 is 1.73 bits per heavy atom. The average molecular weight is 224 g/mol. The van der Waals surface area contributed by atoms with Crippen molar-refractivity contribution in [1.29, 1.82) is 0 Å². The van der Waals surface area contributed by atoms with Gasteiger partial charge >= 0.3 is 6.18 Å². The summed E-state index contributed by atoms with van der Waals surface area (Å²) < 4.78 is 60.6. The highest BCUT2D eigenvalue weighted by molar-refractivity contribution is 5.88. The number of hydrogen-bond donors (Lipinski definition) is 1. The molecule has 0 fully saturated rings. The van der Waals surface area contributed by atoms with Crippen LogP contribution in [0.5, 0.6) is 0 Å². The zero-order valence-corrected chi connectivity index (χ0v) is 7.15. The summed E-state index contributed by atoms with van der Waals surface area (Å²) in [6.07, 6.45) is -4.79. The van der Waals surface area contributed by atoms with Crippen LogP contribution in [-0.2, 0) is 0 Å². The summed E-state index contributed by atoms with van der Waals surface area (Å²) in [5, 5.41) is 0. The Labute approximate surface area is 81.2 Å². The highest BCUT2D eigenvalue weighted by Crippen LogP contribution is 2.20. The molecule has 0 heterocycles. The Kier molecular flexibility index (Phi) is 2.92. The van der Waals surface area contributed by atoms with E-state index in [1.807, 2.05) is 0 Å². The molecule has 2 N–H and O–H groups in total. The van der Waals surface area contributed by atoms with E-state index in [4.69, 9.17) is 0 Å². The van der Waals surface area contributed by atoms with Gasteiger partial charge in [-0.1, -0.05) is 0 Å². The van der Waals surface area contributed by atoms with Crippen molar-refractivity contribution in [1.82, 2.24) is 0 Å². The third-order valence-electron chi connectivity index (χ3n) is 1.44. The van der Waals surface area contributed by atoms with Gasteiger partial charge < -0.3 is 5.73 Å². The molecule has 0 amide bonds. The molecule has 1 rings (SSSR count). The maximum atomic E-state index is 12.6. The van der Waals surface area contributed by atoms with Crippen molar-refractivity contribution >= 4 is 11.5 Å². The second-order valence-corrected chi connectivity index (χ2v) is 2.59. The number of halogens is 5. The first-order valence-corrected chi connectivity index (χ1v) is 3.67. The smallest absolute Gasteiger partial charge is 0.380 e. The van der Waals surface area contributed by atoms with Crippen molar-refractivity contribution in [3.63, 3.8) is 0 Å². The standard InChI is InChI=1S/C8H5F5N2/c9-5-2-1-4(3-6(5)10)15-7(14)8(11,12)13/h1-3H,(H2,14,15). The van der Waals surface area contributed by atoms with Gasteiger partial charge in [-0.05, 0) is 12.1 Å². The first-order chi connectivity index (χ1) is 6.80. The Morgan fingerprint density at radius 1 is 1.13 bits per heavy atom. The highest BCUT2D eigenvalue weighted by atomic mass is 19.4. The summed E-state index contributed by atoms with van der Waals surface area (Å²) in [6.45, 7) is 0. The molecule has 0 aliphatic carbocycles. The molecule has 0 spiro atoms. The molecule has 0 aliphatic heterocycles. The van der Waals surface area contributed by atoms with Crippen LogP contribution >= 0.6 is 0 Å². The van der Waals surface area contributed by atoms with Gasteiger partial charge in [-0.25, -0.2) is 13.8 Å². The van der Waals surface area contributed by atoms with Crippen LogP contribution in [0.4, 0.5) is 27.6 Å². The molecule has 0 saturated carbocycles. The lowest BCUT2D eigenvalue weighted by Gasteiger charge is -2.04. The summed E-state index contributed by atoms with van der Waals surface area (Å²) in [5.74, 6) is -4.07. The Morgan fingerprint density at radius 3 is 2.20 bits per heavy atom. The van der Waals surface area contributed by atoms with Gasteiger partial charge in [-0.15, -0.1) is 0 Å². The maximum absolute atomic E-state index is 12.6. The van der Waals surface area contributed by atoms with Gasteiger partial charge in [-0.2, -0.15) is 13.2 Å². The fourth-order valence-electron chi connectivity index (χ4n) is 0.757. The van der Waals surface area contributed by atoms with Gasteiger partial charge in [0.25, 0.3) is 0 Å². The minimum atomic E-state index is -4.79. The van der Waals surface area contributed by atoms with Crippen LogP contribution in [0.2, 0.25) is 0 Å². The van der Waals surface area contributed by atoms with Crippen molar-refractivity contribution in [2.75, 3.05) is 0 Å². The molecule has 7 heteroatoms. The summed E-state index contributed by atoms with van der Waals surface area (Å²) in [5.41, 5.74) is 4.18. The Bertz CT molecular complexity index is 397. The number of nitrogens with zero attached hydrogens (tertiary/aromatic N) is 1. The first-order valence-electron chi connectivity index (χ1n) is 3.67. The number of nitrogens with two attached hydrogens (primary N) is 1. The van der Waals surface area contributed by atoms with E-state index in [0.29, 0.717) is 12.1 Å². The fraction of sp³-hybridized carbons (Fsp3) is 0.125. The van der Waals surface area contributed by atoms with E-state index in [9.17, 15) is 22.0 Å². The topological polar surface area (TPSA) is 38.4 Å². The lowest BCUT2D eigenvalue weighted by molar-refractivity contribution is -0.0597. The normalized spacial score (nSPS) is 13.0. The molecular formula is C8H5F5N2. The summed E-state index contributed by atoms with van der Waals surface area (Å²) >= 11 is 0. The van der Waals surface area contributed by atoms with Crippen LogP contribution in [0.15, 0.2) is 23.2 Å². The van der Waals surface area contributed by atoms with Crippen molar-refractivity contribution in [2.45, 2.75) is 6.18 Å². The maximum Gasteiger partial charge on any atom is 0.448 e. The van der Waals surface area contributed by atoms with Crippen molar-refractivity contribution in [2.24, 2.45) is 10.7 Å². The molecule has 2 nitrogen and oxygen atoms in total. The molecule has 0 bridgehead atoms. The first kappa shape index (κ1) is 11.4. The largest absolute Gasteiger partial charge is 0.448 e. The molecule has 0 atom stereocenters. The lowest BCUT2D eigenvalue weighted by atomic mass is 10.3. The van der Waals surface area contributed by atoms with Gasteiger partial charge in [0.15, 0.2) is 11.6 Å². The predicted molar refractivity (Wildman–Crippen MR) is 43.7 cm³/mol. The van der Waals surface area contributed by atoms with Gasteiger partial charge in [0.2, 0.25) is 5.84 Å². The molecule has 0 saturated heterocycles. The number of amidine groups is 1. The third-order valence-corrected chi connectivity index (χ3v) is 1.44. The number of benzene rings is 1. The second kappa shape index (κ2) is 3.84. The third kappa shape index (κ3) is 2.90. The van der Waals surface area contributed by atoms with E-state index in [1.165, 1.54) is 0 Å². The van der Waals surface area contributed by atoms with Crippen LogP contribution in [-0.4, -0.2) is 12.0 Å². The van der Waals surface area contributed by atoms with Crippen molar-refractivity contribution in [3.05, 3.63) is 29.8 Å². The van der Waals surface area contributed by atoms with Crippen molar-refractivity contribution in [3.8, 4) is 0 Å². The summed E-state index contributed by atoms with van der Waals surface area (Å²) in [6, 6.07) is 2.07. The molecule has 0 unspecified atom stereocenters. The zero-order chi connectivity index (χ0) is 11.6. The highest BCUT2D eigenvalue weighted by Gasteiger charge is 2.33. The minimum Gasteiger partial charge on any atom is -0.380 e. The Balaban J connectivity index is 3.04. The van der Waals surface area contributed by atoms with E-state index in [0.717, 1.165) is 6.07 Å². The van der Waals surface area contributed by atoms with Gasteiger partial charge in [0, 0.05) is 6.07 Å².